The third-order valence-corrected chi connectivity index (χ3v) is 5.96. The van der Waals surface area contributed by atoms with Crippen molar-refractivity contribution < 1.29 is 4.79 Å². The maximum Gasteiger partial charge on any atom is 0.273 e. The van der Waals surface area contributed by atoms with Crippen molar-refractivity contribution in [1.29, 1.82) is 0 Å². The fourth-order valence-electron chi connectivity index (χ4n) is 3.97. The molecule has 0 fully saturated rings. The van der Waals surface area contributed by atoms with Crippen molar-refractivity contribution in [1.82, 2.24) is 24.8 Å². The lowest BCUT2D eigenvalue weighted by Crippen LogP contribution is -2.25. The molecule has 2 aromatic heterocycles. The Kier molecular flexibility index (Phi) is 7.59. The van der Waals surface area contributed by atoms with Gasteiger partial charge >= 0.3 is 0 Å². The first-order valence-corrected chi connectivity index (χ1v) is 11.8. The van der Waals surface area contributed by atoms with Crippen LogP contribution in [-0.2, 0) is 6.54 Å². The largest absolute Gasteiger partial charge is 0.359 e. The summed E-state index contributed by atoms with van der Waals surface area (Å²) in [4.78, 5) is 30.6. The van der Waals surface area contributed by atoms with Crippen LogP contribution in [0.1, 0.15) is 46.6 Å². The summed E-state index contributed by atoms with van der Waals surface area (Å²) in [6.45, 7) is 4.73. The highest BCUT2D eigenvalue weighted by molar-refractivity contribution is 6.30. The molecule has 0 aliphatic carbocycles. The average molecular weight is 480 g/mol. The maximum absolute atomic E-state index is 13.1. The number of fused-ring (bicyclic) bond motifs is 1. The number of amides is 1. The van der Waals surface area contributed by atoms with Gasteiger partial charge in [-0.3, -0.25) is 9.78 Å². The van der Waals surface area contributed by atoms with E-state index in [0.29, 0.717) is 42.1 Å². The summed E-state index contributed by atoms with van der Waals surface area (Å²) in [5.41, 5.74) is 3.34. The number of likely N-dealkylation sites (N-methyl/N-ethyl adjacent to an activating group) is 1. The first-order chi connectivity index (χ1) is 16.5. The van der Waals surface area contributed by atoms with Crippen molar-refractivity contribution in [2.24, 2.45) is 0 Å². The molecule has 178 valence electrons. The Morgan fingerprint density at radius 2 is 1.79 bits per heavy atom. The number of hydrogen-bond acceptors (Lipinski definition) is 7. The lowest BCUT2D eigenvalue weighted by molar-refractivity contribution is 0.0774. The zero-order valence-electron chi connectivity index (χ0n) is 19.8. The molecule has 34 heavy (non-hydrogen) atoms. The summed E-state index contributed by atoms with van der Waals surface area (Å²) in [6.07, 6.45) is 4.42. The molecule has 1 unspecified atom stereocenters. The second kappa shape index (κ2) is 10.8. The van der Waals surface area contributed by atoms with Crippen molar-refractivity contribution in [3.8, 4) is 0 Å². The van der Waals surface area contributed by atoms with Crippen LogP contribution in [-0.4, -0.2) is 64.4 Å². The van der Waals surface area contributed by atoms with Gasteiger partial charge in [0.1, 0.15) is 11.5 Å². The molecule has 3 heterocycles. The molecule has 0 spiro atoms. The fraction of sp³-hybridized carbons (Fsp3) is 0.360. The molecule has 0 saturated heterocycles. The van der Waals surface area contributed by atoms with Crippen molar-refractivity contribution >= 4 is 29.3 Å². The molecule has 0 radical (unpaired) electrons. The third kappa shape index (κ3) is 5.46. The minimum atomic E-state index is -0.204. The van der Waals surface area contributed by atoms with E-state index >= 15 is 0 Å². The van der Waals surface area contributed by atoms with Crippen molar-refractivity contribution in [2.75, 3.05) is 44.4 Å². The lowest BCUT2D eigenvalue weighted by atomic mass is 9.99. The summed E-state index contributed by atoms with van der Waals surface area (Å²) in [5.74, 6) is 1.05. The Labute approximate surface area is 205 Å². The van der Waals surface area contributed by atoms with E-state index in [4.69, 9.17) is 16.6 Å². The molecule has 0 saturated carbocycles. The summed E-state index contributed by atoms with van der Waals surface area (Å²) in [5, 5.41) is 7.55. The van der Waals surface area contributed by atoms with Crippen LogP contribution >= 0.6 is 11.6 Å². The SMILES string of the molecule is CCCN1Cc2c(NC(c3ccncc3)c3ccc(Cl)cc3)nc(NCCN(C)C)nc2C1=O. The van der Waals surface area contributed by atoms with Gasteiger partial charge in [-0.05, 0) is 55.9 Å². The van der Waals surface area contributed by atoms with Gasteiger partial charge in [0.05, 0.1) is 12.6 Å². The first-order valence-electron chi connectivity index (χ1n) is 11.5. The normalized spacial score (nSPS) is 13.8. The van der Waals surface area contributed by atoms with Gasteiger partial charge in [0.25, 0.3) is 5.91 Å². The van der Waals surface area contributed by atoms with Crippen LogP contribution in [0.2, 0.25) is 5.02 Å². The van der Waals surface area contributed by atoms with Crippen LogP contribution in [0.5, 0.6) is 0 Å². The van der Waals surface area contributed by atoms with Crippen LogP contribution in [0.15, 0.2) is 48.8 Å². The number of carbonyl (C=O) groups is 1. The Balaban J connectivity index is 1.73. The molecular weight excluding hydrogens is 450 g/mol. The Hall–Kier alpha value is -3.23. The van der Waals surface area contributed by atoms with E-state index in [-0.39, 0.29) is 11.9 Å². The zero-order valence-corrected chi connectivity index (χ0v) is 20.5. The second-order valence-electron chi connectivity index (χ2n) is 8.59. The van der Waals surface area contributed by atoms with Crippen molar-refractivity contribution in [3.05, 3.63) is 76.2 Å². The summed E-state index contributed by atoms with van der Waals surface area (Å²) < 4.78 is 0. The minimum absolute atomic E-state index is 0.0510. The number of carbonyl (C=O) groups excluding carboxylic acids is 1. The van der Waals surface area contributed by atoms with Gasteiger partial charge in [0, 0.05) is 42.6 Å². The minimum Gasteiger partial charge on any atom is -0.359 e. The highest BCUT2D eigenvalue weighted by atomic mass is 35.5. The van der Waals surface area contributed by atoms with Gasteiger partial charge in [-0.2, -0.15) is 4.98 Å². The van der Waals surface area contributed by atoms with E-state index in [0.717, 1.165) is 29.7 Å². The van der Waals surface area contributed by atoms with Crippen LogP contribution < -0.4 is 10.6 Å². The Morgan fingerprint density at radius 1 is 1.09 bits per heavy atom. The van der Waals surface area contributed by atoms with Crippen LogP contribution in [0, 0.1) is 0 Å². The molecule has 1 amide bonds. The van der Waals surface area contributed by atoms with E-state index in [1.807, 2.05) is 55.4 Å². The molecule has 8 nitrogen and oxygen atoms in total. The average Bonchev–Trinajstić information content (AvgIpc) is 3.14. The number of pyridine rings is 1. The first kappa shape index (κ1) is 23.9. The van der Waals surface area contributed by atoms with Gasteiger partial charge in [-0.1, -0.05) is 30.7 Å². The van der Waals surface area contributed by atoms with Gasteiger partial charge < -0.3 is 20.4 Å². The van der Waals surface area contributed by atoms with E-state index in [9.17, 15) is 4.79 Å². The van der Waals surface area contributed by atoms with Crippen molar-refractivity contribution in [2.45, 2.75) is 25.9 Å². The van der Waals surface area contributed by atoms with E-state index in [1.54, 1.807) is 12.4 Å². The highest BCUT2D eigenvalue weighted by Gasteiger charge is 2.33. The van der Waals surface area contributed by atoms with Crippen LogP contribution in [0.4, 0.5) is 11.8 Å². The molecule has 1 aromatic carbocycles. The molecule has 2 N–H and O–H groups in total. The highest BCUT2D eigenvalue weighted by Crippen LogP contribution is 2.33. The zero-order chi connectivity index (χ0) is 24.1. The van der Waals surface area contributed by atoms with Crippen molar-refractivity contribution in [3.63, 3.8) is 0 Å². The summed E-state index contributed by atoms with van der Waals surface area (Å²) >= 11 is 6.15. The standard InChI is InChI=1S/C25H30ClN7O/c1-4-14-33-16-20-22(24(33)34)30-25(28-13-15-32(2)3)31-23(20)29-21(18-9-11-27-12-10-18)17-5-7-19(26)8-6-17/h5-12,21H,4,13-16H2,1-3H3,(H2,28,29,30,31). The number of hydrogen-bond donors (Lipinski definition) is 2. The number of benzene rings is 1. The predicted octanol–water partition coefficient (Wildman–Crippen LogP) is 4.07. The van der Waals surface area contributed by atoms with Gasteiger partial charge in [0.15, 0.2) is 0 Å². The number of halogens is 1. The number of rotatable bonds is 10. The molecule has 3 aromatic rings. The molecular formula is C25H30ClN7O. The molecule has 4 rings (SSSR count). The van der Waals surface area contributed by atoms with E-state index < -0.39 is 0 Å². The third-order valence-electron chi connectivity index (χ3n) is 5.71. The maximum atomic E-state index is 13.1. The molecule has 1 aliphatic heterocycles. The lowest BCUT2D eigenvalue weighted by Gasteiger charge is -2.22. The number of aromatic nitrogens is 3. The molecule has 1 aliphatic rings. The molecule has 1 atom stereocenters. The Morgan fingerprint density at radius 3 is 2.47 bits per heavy atom. The number of nitrogens with zero attached hydrogens (tertiary/aromatic N) is 5. The van der Waals surface area contributed by atoms with E-state index in [2.05, 4.69) is 32.4 Å². The topological polar surface area (TPSA) is 86.3 Å². The predicted molar refractivity (Wildman–Crippen MR) is 135 cm³/mol. The molecule has 0 bridgehead atoms. The van der Waals surface area contributed by atoms with Crippen LogP contribution in [0.25, 0.3) is 0 Å². The number of anilines is 2. The smallest absolute Gasteiger partial charge is 0.273 e. The van der Waals surface area contributed by atoms with Gasteiger partial charge in [0.2, 0.25) is 5.95 Å². The second-order valence-corrected chi connectivity index (χ2v) is 9.03. The summed E-state index contributed by atoms with van der Waals surface area (Å²) in [6, 6.07) is 11.5. The quantitative estimate of drug-likeness (QED) is 0.453. The van der Waals surface area contributed by atoms with Crippen LogP contribution in [0.3, 0.4) is 0 Å². The monoisotopic (exact) mass is 479 g/mol. The Bertz CT molecular complexity index is 1120. The molecule has 9 heteroatoms. The summed E-state index contributed by atoms with van der Waals surface area (Å²) in [7, 11) is 4.02. The van der Waals surface area contributed by atoms with Gasteiger partial charge in [-0.15, -0.1) is 0 Å². The van der Waals surface area contributed by atoms with E-state index in [1.165, 1.54) is 0 Å². The number of nitrogens with one attached hydrogen (secondary N) is 2. The fourth-order valence-corrected chi connectivity index (χ4v) is 4.10. The van der Waals surface area contributed by atoms with Gasteiger partial charge in [-0.25, -0.2) is 4.98 Å².